The Labute approximate surface area is 199 Å². The highest BCUT2D eigenvalue weighted by Crippen LogP contribution is 2.15. The number of nitrogens with two attached hydrogens (primary N) is 1. The predicted molar refractivity (Wildman–Crippen MR) is 134 cm³/mol. The second-order valence-corrected chi connectivity index (χ2v) is 10.1. The van der Waals surface area contributed by atoms with Gasteiger partial charge in [-0.3, -0.25) is 9.59 Å². The number of aliphatic hydroxyl groups excluding tert-OH is 1. The van der Waals surface area contributed by atoms with Crippen LogP contribution < -0.4 is 15.9 Å². The largest absolute Gasteiger partial charge is 0.480 e. The van der Waals surface area contributed by atoms with Gasteiger partial charge in [-0.2, -0.15) is 35.3 Å². The lowest BCUT2D eigenvalue weighted by Crippen LogP contribution is -2.33. The Kier molecular flexibility index (Phi) is 25.8. The number of carboxylic acid groups (broad SMARTS) is 1. The highest BCUT2D eigenvalue weighted by molar-refractivity contribution is 7.99. The second kappa shape index (κ2) is 22.3. The molecule has 0 aliphatic rings. The van der Waals surface area contributed by atoms with Crippen LogP contribution in [0.25, 0.3) is 0 Å². The van der Waals surface area contributed by atoms with E-state index in [0.29, 0.717) is 12.4 Å². The van der Waals surface area contributed by atoms with Crippen molar-refractivity contribution in [2.75, 3.05) is 56.3 Å². The molecule has 0 fully saturated rings. The maximum Gasteiger partial charge on any atom is 0.321 e. The Morgan fingerprint density at radius 1 is 1.07 bits per heavy atom. The number of carbonyl (C=O) groups is 2. The molecule has 6 N–H and O–H groups in total. The minimum atomic E-state index is -0.931. The lowest BCUT2D eigenvalue weighted by atomic mass is 9.97. The lowest BCUT2D eigenvalue weighted by molar-refractivity contribution is -0.153. The van der Waals surface area contributed by atoms with Crippen molar-refractivity contribution in [2.45, 2.75) is 38.9 Å². The van der Waals surface area contributed by atoms with Crippen molar-refractivity contribution in [1.82, 2.24) is 10.2 Å². The van der Waals surface area contributed by atoms with Crippen LogP contribution in [0.2, 0.25) is 0 Å². The van der Waals surface area contributed by atoms with Crippen molar-refractivity contribution in [3.8, 4) is 0 Å². The third-order valence-electron chi connectivity index (χ3n) is 3.21. The van der Waals surface area contributed by atoms with Crippen LogP contribution in [-0.4, -0.2) is 96.6 Å². The number of aliphatic hydroxyl groups is 1. The molecular weight excluding hydrogens is 470 g/mol. The number of esters is 1. The Morgan fingerprint density at radius 3 is 1.77 bits per heavy atom. The van der Waals surface area contributed by atoms with E-state index in [-0.39, 0.29) is 24.7 Å². The van der Waals surface area contributed by atoms with E-state index >= 15 is 0 Å². The molecule has 30 heavy (non-hydrogen) atoms. The zero-order valence-corrected chi connectivity index (χ0v) is 22.3. The van der Waals surface area contributed by atoms with Crippen molar-refractivity contribution >= 4 is 59.0 Å². The van der Waals surface area contributed by atoms with Gasteiger partial charge in [0.25, 0.3) is 0 Å². The Balaban J connectivity index is -0.000000391. The van der Waals surface area contributed by atoms with Crippen molar-refractivity contribution < 1.29 is 24.5 Å². The number of aliphatic carboxylic acids is 1. The highest BCUT2D eigenvalue weighted by Gasteiger charge is 2.23. The molecule has 0 aromatic heterocycles. The van der Waals surface area contributed by atoms with E-state index in [1.807, 2.05) is 46.6 Å². The summed E-state index contributed by atoms with van der Waals surface area (Å²) in [7, 11) is 1.86. The van der Waals surface area contributed by atoms with Gasteiger partial charge in [-0.25, -0.2) is 4.84 Å². The summed E-state index contributed by atoms with van der Waals surface area (Å²) in [5.41, 5.74) is 4.66. The van der Waals surface area contributed by atoms with Crippen LogP contribution in [0.3, 0.4) is 0 Å². The van der Waals surface area contributed by atoms with Gasteiger partial charge in [-0.1, -0.05) is 0 Å². The fraction of sp³-hybridized carbons (Fsp3) is 0.889. The molecule has 0 amide bonds. The Bertz CT molecular complexity index is 428. The van der Waals surface area contributed by atoms with Crippen LogP contribution in [0.4, 0.5) is 0 Å². The van der Waals surface area contributed by atoms with E-state index in [2.05, 4.69) is 10.2 Å². The average Bonchev–Trinajstić information content (AvgIpc) is 2.69. The van der Waals surface area contributed by atoms with Crippen LogP contribution in [-0.2, 0) is 14.3 Å². The summed E-state index contributed by atoms with van der Waals surface area (Å²) in [6, 6.07) is -0.423. The lowest BCUT2D eigenvalue weighted by Gasteiger charge is -2.19. The zero-order valence-electron chi connectivity index (χ0n) is 19.1. The monoisotopic (exact) mass is 509 g/mol. The van der Waals surface area contributed by atoms with E-state index in [1.54, 1.807) is 23.5 Å². The van der Waals surface area contributed by atoms with E-state index in [0.717, 1.165) is 11.5 Å². The number of carboxylic acids is 1. The maximum absolute atomic E-state index is 11.4. The van der Waals surface area contributed by atoms with E-state index in [1.165, 1.54) is 11.8 Å². The molecule has 182 valence electrons. The van der Waals surface area contributed by atoms with Gasteiger partial charge in [0.2, 0.25) is 0 Å². The topological polar surface area (TPSA) is 134 Å². The SMILES string of the molecule is CN[C@H](CO)CSC.CSC[C@@H](COC(=O)C(C)(C)C)NCl.CSC[C@H](N)C(=O)O. The first-order chi connectivity index (χ1) is 13.9. The van der Waals surface area contributed by atoms with Gasteiger partial charge < -0.3 is 26.0 Å². The molecule has 0 saturated heterocycles. The van der Waals surface area contributed by atoms with Crippen LogP contribution in [0.1, 0.15) is 20.8 Å². The van der Waals surface area contributed by atoms with Crippen LogP contribution >= 0.6 is 47.1 Å². The summed E-state index contributed by atoms with van der Waals surface area (Å²) in [6.07, 6.45) is 5.83. The molecule has 12 heteroatoms. The molecule has 0 unspecified atom stereocenters. The van der Waals surface area contributed by atoms with Gasteiger partial charge >= 0.3 is 11.9 Å². The summed E-state index contributed by atoms with van der Waals surface area (Å²) in [6.45, 7) is 6.03. The number of ether oxygens (including phenoxy) is 1. The van der Waals surface area contributed by atoms with Crippen molar-refractivity contribution in [3.05, 3.63) is 0 Å². The first-order valence-electron chi connectivity index (χ1n) is 9.21. The van der Waals surface area contributed by atoms with Gasteiger partial charge in [-0.15, -0.1) is 0 Å². The second-order valence-electron chi connectivity index (χ2n) is 7.13. The van der Waals surface area contributed by atoms with Crippen molar-refractivity contribution in [1.29, 1.82) is 0 Å². The minimum Gasteiger partial charge on any atom is -0.480 e. The normalized spacial score (nSPS) is 13.7. The number of hydrogen-bond donors (Lipinski definition) is 5. The van der Waals surface area contributed by atoms with E-state index in [9.17, 15) is 9.59 Å². The smallest absolute Gasteiger partial charge is 0.321 e. The summed E-state index contributed by atoms with van der Waals surface area (Å²) in [5.74, 6) is 1.15. The molecule has 0 aromatic carbocycles. The fourth-order valence-electron chi connectivity index (χ4n) is 1.38. The van der Waals surface area contributed by atoms with Crippen molar-refractivity contribution in [2.24, 2.45) is 11.1 Å². The molecule has 0 bridgehead atoms. The highest BCUT2D eigenvalue weighted by atomic mass is 35.5. The molecule has 0 spiro atoms. The first kappa shape index (κ1) is 34.7. The van der Waals surface area contributed by atoms with Crippen LogP contribution in [0.15, 0.2) is 0 Å². The molecule has 8 nitrogen and oxygen atoms in total. The van der Waals surface area contributed by atoms with Crippen LogP contribution in [0, 0.1) is 5.41 Å². The van der Waals surface area contributed by atoms with Gasteiger partial charge in [0.05, 0.1) is 18.1 Å². The van der Waals surface area contributed by atoms with Gasteiger partial charge in [0.1, 0.15) is 12.6 Å². The molecule has 0 radical (unpaired) electrons. The number of likely N-dealkylation sites (N-methyl/N-ethyl adjacent to an activating group) is 1. The summed E-state index contributed by atoms with van der Waals surface area (Å²) >= 11 is 10.3. The zero-order chi connectivity index (χ0) is 24.2. The number of carbonyl (C=O) groups excluding carboxylic acids is 1. The maximum atomic E-state index is 11.4. The first-order valence-corrected chi connectivity index (χ1v) is 13.8. The third kappa shape index (κ3) is 22.8. The quantitative estimate of drug-likeness (QED) is 0.194. The third-order valence-corrected chi connectivity index (χ3v) is 5.68. The van der Waals surface area contributed by atoms with Crippen molar-refractivity contribution in [3.63, 3.8) is 0 Å². The molecule has 0 heterocycles. The molecule has 3 atom stereocenters. The summed E-state index contributed by atoms with van der Waals surface area (Å²) < 4.78 is 5.11. The minimum absolute atomic E-state index is 0.0120. The number of halogens is 1. The Morgan fingerprint density at radius 2 is 1.53 bits per heavy atom. The van der Waals surface area contributed by atoms with E-state index in [4.69, 9.17) is 32.5 Å². The number of hydrogen-bond acceptors (Lipinski definition) is 10. The molecule has 0 saturated carbocycles. The predicted octanol–water partition coefficient (Wildman–Crippen LogP) is 1.74. The molecular formula is C18H40ClN3O5S3. The van der Waals surface area contributed by atoms with E-state index < -0.39 is 17.4 Å². The standard InChI is InChI=1S/C9H18ClNO2S.C5H13NOS.C4H9NO2S/c1-9(2,3)8(12)13-5-7(11-10)6-14-4;1-6-5(3-7)4-8-2;1-8-2-3(5)4(6)7/h7,11H,5-6H2,1-4H3;5-7H,3-4H2,1-2H3;3H,2,5H2,1H3,(H,6,7)/t7-;5-;3-/m110/s1. The summed E-state index contributed by atoms with van der Waals surface area (Å²) in [4.78, 5) is 23.9. The number of rotatable bonds is 12. The van der Waals surface area contributed by atoms with Crippen LogP contribution in [0.5, 0.6) is 0 Å². The summed E-state index contributed by atoms with van der Waals surface area (Å²) in [5, 5.41) is 19.7. The molecule has 0 aliphatic heterocycles. The van der Waals surface area contributed by atoms with Gasteiger partial charge in [0, 0.05) is 23.3 Å². The Hall–Kier alpha value is 0.120. The molecule has 0 rings (SSSR count). The number of nitrogens with one attached hydrogen (secondary N) is 2. The van der Waals surface area contributed by atoms with Gasteiger partial charge in [0.15, 0.2) is 0 Å². The average molecular weight is 510 g/mol. The number of thioether (sulfide) groups is 3. The van der Waals surface area contributed by atoms with Gasteiger partial charge in [-0.05, 0) is 58.4 Å². The fourth-order valence-corrected chi connectivity index (χ4v) is 3.37. The molecule has 0 aromatic rings. The molecule has 0 aliphatic carbocycles.